The van der Waals surface area contributed by atoms with Gasteiger partial charge in [0.15, 0.2) is 11.6 Å². The SMILES string of the molecule is COc1cccc(CCC#N)c1F. The monoisotopic (exact) mass is 179 g/mol. The molecule has 68 valence electrons. The fourth-order valence-electron chi connectivity index (χ4n) is 1.10. The van der Waals surface area contributed by atoms with Crippen LogP contribution in [-0.2, 0) is 6.42 Å². The molecular weight excluding hydrogens is 169 g/mol. The minimum Gasteiger partial charge on any atom is -0.494 e. The van der Waals surface area contributed by atoms with Gasteiger partial charge in [-0.1, -0.05) is 12.1 Å². The lowest BCUT2D eigenvalue weighted by Gasteiger charge is -2.04. The maximum Gasteiger partial charge on any atom is 0.168 e. The van der Waals surface area contributed by atoms with Crippen LogP contribution in [0, 0.1) is 17.1 Å². The largest absolute Gasteiger partial charge is 0.494 e. The lowest BCUT2D eigenvalue weighted by Crippen LogP contribution is -1.94. The molecule has 0 heterocycles. The number of halogens is 1. The van der Waals surface area contributed by atoms with E-state index in [0.717, 1.165) is 0 Å². The van der Waals surface area contributed by atoms with Gasteiger partial charge in [0, 0.05) is 6.42 Å². The highest BCUT2D eigenvalue weighted by Crippen LogP contribution is 2.20. The summed E-state index contributed by atoms with van der Waals surface area (Å²) in [5, 5.41) is 8.34. The molecule has 0 radical (unpaired) electrons. The van der Waals surface area contributed by atoms with E-state index in [2.05, 4.69) is 0 Å². The molecule has 0 spiro atoms. The van der Waals surface area contributed by atoms with Crippen LogP contribution in [0.3, 0.4) is 0 Å². The molecule has 0 saturated heterocycles. The average Bonchev–Trinajstić information content (AvgIpc) is 2.16. The number of ether oxygens (including phenoxy) is 1. The van der Waals surface area contributed by atoms with Gasteiger partial charge in [0.25, 0.3) is 0 Å². The molecular formula is C10H10FNO. The highest BCUT2D eigenvalue weighted by Gasteiger charge is 2.06. The molecule has 2 nitrogen and oxygen atoms in total. The van der Waals surface area contributed by atoms with Crippen molar-refractivity contribution < 1.29 is 9.13 Å². The quantitative estimate of drug-likeness (QED) is 0.713. The van der Waals surface area contributed by atoms with Gasteiger partial charge in [0.2, 0.25) is 0 Å². The highest BCUT2D eigenvalue weighted by atomic mass is 19.1. The Bertz CT molecular complexity index is 330. The summed E-state index contributed by atoms with van der Waals surface area (Å²) in [5.41, 5.74) is 0.529. The first-order valence-electron chi connectivity index (χ1n) is 3.98. The number of rotatable bonds is 3. The molecule has 0 saturated carbocycles. The van der Waals surface area contributed by atoms with Crippen molar-refractivity contribution in [2.45, 2.75) is 12.8 Å². The highest BCUT2D eigenvalue weighted by molar-refractivity contribution is 5.31. The molecule has 1 aromatic carbocycles. The Morgan fingerprint density at radius 3 is 2.92 bits per heavy atom. The van der Waals surface area contributed by atoms with Crippen molar-refractivity contribution in [3.05, 3.63) is 29.6 Å². The second-order valence-electron chi connectivity index (χ2n) is 2.59. The summed E-state index contributed by atoms with van der Waals surface area (Å²) in [6.07, 6.45) is 0.754. The number of hydrogen-bond donors (Lipinski definition) is 0. The van der Waals surface area contributed by atoms with Crippen LogP contribution < -0.4 is 4.74 Å². The van der Waals surface area contributed by atoms with Crippen LogP contribution in [0.2, 0.25) is 0 Å². The number of benzene rings is 1. The third-order valence-electron chi connectivity index (χ3n) is 1.77. The molecule has 0 atom stereocenters. The average molecular weight is 179 g/mol. The number of hydrogen-bond acceptors (Lipinski definition) is 2. The van der Waals surface area contributed by atoms with Gasteiger partial charge in [-0.05, 0) is 18.1 Å². The second-order valence-corrected chi connectivity index (χ2v) is 2.59. The van der Waals surface area contributed by atoms with Crippen molar-refractivity contribution in [2.75, 3.05) is 7.11 Å². The zero-order valence-corrected chi connectivity index (χ0v) is 7.38. The third kappa shape index (κ3) is 2.19. The van der Waals surface area contributed by atoms with Crippen molar-refractivity contribution in [3.63, 3.8) is 0 Å². The fraction of sp³-hybridized carbons (Fsp3) is 0.300. The summed E-state index contributed by atoms with van der Waals surface area (Å²) in [4.78, 5) is 0. The van der Waals surface area contributed by atoms with Crippen molar-refractivity contribution in [3.8, 4) is 11.8 Å². The van der Waals surface area contributed by atoms with Gasteiger partial charge in [-0.25, -0.2) is 4.39 Å². The molecule has 0 aliphatic carbocycles. The van der Waals surface area contributed by atoms with Crippen LogP contribution in [0.25, 0.3) is 0 Å². The summed E-state index contributed by atoms with van der Waals surface area (Å²) in [6.45, 7) is 0. The number of methoxy groups -OCH3 is 1. The van der Waals surface area contributed by atoms with Crippen molar-refractivity contribution >= 4 is 0 Å². The zero-order chi connectivity index (χ0) is 9.68. The number of nitriles is 1. The van der Waals surface area contributed by atoms with Crippen LogP contribution in [0.15, 0.2) is 18.2 Å². The number of nitrogens with zero attached hydrogens (tertiary/aromatic N) is 1. The smallest absolute Gasteiger partial charge is 0.168 e. The minimum absolute atomic E-state index is 0.232. The van der Waals surface area contributed by atoms with Gasteiger partial charge in [0.1, 0.15) is 0 Å². The van der Waals surface area contributed by atoms with Crippen molar-refractivity contribution in [1.29, 1.82) is 5.26 Å². The molecule has 0 aliphatic heterocycles. The molecule has 13 heavy (non-hydrogen) atoms. The van der Waals surface area contributed by atoms with E-state index in [-0.39, 0.29) is 11.6 Å². The van der Waals surface area contributed by atoms with E-state index in [0.29, 0.717) is 18.4 Å². The summed E-state index contributed by atoms with van der Waals surface area (Å²) in [7, 11) is 1.42. The Labute approximate surface area is 76.6 Å². The molecule has 0 N–H and O–H groups in total. The summed E-state index contributed by atoms with van der Waals surface area (Å²) in [5.74, 6) is -0.129. The molecule has 0 bridgehead atoms. The van der Waals surface area contributed by atoms with Crippen LogP contribution in [0.4, 0.5) is 4.39 Å². The molecule has 0 aliphatic rings. The molecule has 3 heteroatoms. The van der Waals surface area contributed by atoms with Crippen LogP contribution in [0.5, 0.6) is 5.75 Å². The maximum atomic E-state index is 13.4. The first-order chi connectivity index (χ1) is 6.29. The lowest BCUT2D eigenvalue weighted by molar-refractivity contribution is 0.384. The van der Waals surface area contributed by atoms with Crippen molar-refractivity contribution in [2.24, 2.45) is 0 Å². The fourth-order valence-corrected chi connectivity index (χ4v) is 1.10. The lowest BCUT2D eigenvalue weighted by atomic mass is 10.1. The summed E-state index contributed by atoms with van der Waals surface area (Å²) >= 11 is 0. The van der Waals surface area contributed by atoms with Crippen LogP contribution in [-0.4, -0.2) is 7.11 Å². The standard InChI is InChI=1S/C10H10FNO/c1-13-9-6-2-4-8(10(9)11)5-3-7-12/h2,4,6H,3,5H2,1H3. The molecule has 0 amide bonds. The molecule has 1 aromatic rings. The van der Waals surface area contributed by atoms with E-state index in [1.165, 1.54) is 7.11 Å². The molecule has 1 rings (SSSR count). The first-order valence-corrected chi connectivity index (χ1v) is 3.98. The van der Waals surface area contributed by atoms with Crippen LogP contribution >= 0.6 is 0 Å². The Hall–Kier alpha value is -1.56. The van der Waals surface area contributed by atoms with E-state index in [9.17, 15) is 4.39 Å². The Morgan fingerprint density at radius 2 is 2.31 bits per heavy atom. The van der Waals surface area contributed by atoms with E-state index in [1.54, 1.807) is 18.2 Å². The molecule has 0 aromatic heterocycles. The minimum atomic E-state index is -0.361. The van der Waals surface area contributed by atoms with E-state index < -0.39 is 0 Å². The summed E-state index contributed by atoms with van der Waals surface area (Å²) < 4.78 is 18.2. The molecule has 0 unspecified atom stereocenters. The third-order valence-corrected chi connectivity index (χ3v) is 1.77. The van der Waals surface area contributed by atoms with Gasteiger partial charge in [-0.3, -0.25) is 0 Å². The Kier molecular flexibility index (Phi) is 3.27. The summed E-state index contributed by atoms with van der Waals surface area (Å²) in [6, 6.07) is 6.91. The van der Waals surface area contributed by atoms with Gasteiger partial charge < -0.3 is 4.74 Å². The topological polar surface area (TPSA) is 33.0 Å². The Balaban J connectivity index is 2.89. The first kappa shape index (κ1) is 9.53. The second kappa shape index (κ2) is 4.46. The Morgan fingerprint density at radius 1 is 1.54 bits per heavy atom. The predicted octanol–water partition coefficient (Wildman–Crippen LogP) is 2.29. The van der Waals surface area contributed by atoms with E-state index >= 15 is 0 Å². The van der Waals surface area contributed by atoms with E-state index in [4.69, 9.17) is 10.00 Å². The normalized spacial score (nSPS) is 9.31. The number of aryl methyl sites for hydroxylation is 1. The zero-order valence-electron chi connectivity index (χ0n) is 7.38. The van der Waals surface area contributed by atoms with Crippen LogP contribution in [0.1, 0.15) is 12.0 Å². The van der Waals surface area contributed by atoms with Crippen molar-refractivity contribution in [1.82, 2.24) is 0 Å². The van der Waals surface area contributed by atoms with Gasteiger partial charge >= 0.3 is 0 Å². The van der Waals surface area contributed by atoms with Gasteiger partial charge in [-0.15, -0.1) is 0 Å². The maximum absolute atomic E-state index is 13.4. The van der Waals surface area contributed by atoms with Gasteiger partial charge in [-0.2, -0.15) is 5.26 Å². The predicted molar refractivity (Wildman–Crippen MR) is 46.9 cm³/mol. The van der Waals surface area contributed by atoms with E-state index in [1.807, 2.05) is 6.07 Å². The molecule has 0 fully saturated rings. The van der Waals surface area contributed by atoms with Gasteiger partial charge in [0.05, 0.1) is 13.2 Å².